The number of aliphatic hydroxyl groups is 1. The van der Waals surface area contributed by atoms with E-state index in [1.54, 1.807) is 0 Å². The molecule has 1 atom stereocenters. The van der Waals surface area contributed by atoms with E-state index >= 15 is 0 Å². The van der Waals surface area contributed by atoms with Crippen molar-refractivity contribution in [2.75, 3.05) is 13.1 Å². The molecule has 0 radical (unpaired) electrons. The van der Waals surface area contributed by atoms with E-state index in [1.165, 1.54) is 6.92 Å². The maximum atomic E-state index is 12.1. The number of aromatic amines is 2. The van der Waals surface area contributed by atoms with Gasteiger partial charge < -0.3 is 10.1 Å². The molecule has 1 aliphatic rings. The molecule has 1 aromatic rings. The molecule has 1 unspecified atom stereocenters. The Bertz CT molecular complexity index is 672. The van der Waals surface area contributed by atoms with Gasteiger partial charge >= 0.3 is 5.69 Å². The minimum Gasteiger partial charge on any atom is -0.389 e. The van der Waals surface area contributed by atoms with E-state index in [2.05, 4.69) is 4.98 Å². The smallest absolute Gasteiger partial charge is 0.325 e. The molecule has 9 heteroatoms. The maximum Gasteiger partial charge on any atom is 0.325 e. The van der Waals surface area contributed by atoms with Gasteiger partial charge in [0.1, 0.15) is 0 Å². The number of nitrogens with zero attached hydrogens (tertiary/aromatic N) is 1. The average Bonchev–Trinajstić information content (AvgIpc) is 2.58. The van der Waals surface area contributed by atoms with E-state index < -0.39 is 31.8 Å². The Morgan fingerprint density at radius 1 is 1.44 bits per heavy atom. The van der Waals surface area contributed by atoms with Crippen molar-refractivity contribution in [1.29, 1.82) is 0 Å². The second kappa shape index (κ2) is 4.04. The van der Waals surface area contributed by atoms with E-state index in [9.17, 15) is 23.1 Å². The number of hydrogen-bond acceptors (Lipinski definition) is 5. The fourth-order valence-corrected chi connectivity index (χ4v) is 3.39. The predicted molar refractivity (Wildman–Crippen MR) is 61.7 cm³/mol. The summed E-state index contributed by atoms with van der Waals surface area (Å²) in [6, 6.07) is 0. The van der Waals surface area contributed by atoms with Gasteiger partial charge in [-0.05, 0) is 13.3 Å². The van der Waals surface area contributed by atoms with E-state index in [-0.39, 0.29) is 13.1 Å². The van der Waals surface area contributed by atoms with Crippen molar-refractivity contribution in [2.45, 2.75) is 23.8 Å². The largest absolute Gasteiger partial charge is 0.389 e. The zero-order valence-electron chi connectivity index (χ0n) is 9.63. The van der Waals surface area contributed by atoms with Crippen LogP contribution in [0.5, 0.6) is 0 Å². The average molecular weight is 275 g/mol. The van der Waals surface area contributed by atoms with Gasteiger partial charge in [0.25, 0.3) is 5.56 Å². The number of rotatable bonds is 2. The first-order valence-corrected chi connectivity index (χ1v) is 6.71. The van der Waals surface area contributed by atoms with Crippen molar-refractivity contribution in [3.63, 3.8) is 0 Å². The molecule has 3 N–H and O–H groups in total. The molecule has 2 heterocycles. The summed E-state index contributed by atoms with van der Waals surface area (Å²) < 4.78 is 25.3. The van der Waals surface area contributed by atoms with Crippen molar-refractivity contribution < 1.29 is 13.5 Å². The highest BCUT2D eigenvalue weighted by atomic mass is 32.2. The van der Waals surface area contributed by atoms with Crippen LogP contribution in [-0.4, -0.2) is 46.5 Å². The van der Waals surface area contributed by atoms with E-state index in [1.807, 2.05) is 4.98 Å². The molecule has 2 rings (SSSR count). The third-order valence-electron chi connectivity index (χ3n) is 2.82. The van der Waals surface area contributed by atoms with Crippen LogP contribution in [0.2, 0.25) is 0 Å². The first-order chi connectivity index (χ1) is 8.22. The molecule has 18 heavy (non-hydrogen) atoms. The molecule has 0 aromatic carbocycles. The topological polar surface area (TPSA) is 123 Å². The van der Waals surface area contributed by atoms with Gasteiger partial charge in [0.2, 0.25) is 10.0 Å². The predicted octanol–water partition coefficient (Wildman–Crippen LogP) is -1.79. The summed E-state index contributed by atoms with van der Waals surface area (Å²) >= 11 is 0. The molecular weight excluding hydrogens is 262 g/mol. The lowest BCUT2D eigenvalue weighted by atomic mass is 10.1. The Morgan fingerprint density at radius 3 is 2.61 bits per heavy atom. The van der Waals surface area contributed by atoms with Crippen LogP contribution in [0, 0.1) is 0 Å². The molecule has 0 aliphatic carbocycles. The molecule has 100 valence electrons. The normalized spacial score (nSPS) is 25.4. The van der Waals surface area contributed by atoms with Gasteiger partial charge in [0, 0.05) is 19.3 Å². The summed E-state index contributed by atoms with van der Waals surface area (Å²) in [7, 11) is -4.00. The number of sulfonamides is 1. The quantitative estimate of drug-likeness (QED) is 0.588. The summed E-state index contributed by atoms with van der Waals surface area (Å²) in [6.45, 7) is 1.58. The summed E-state index contributed by atoms with van der Waals surface area (Å²) in [5, 5.41) is 9.74. The van der Waals surface area contributed by atoms with Crippen LogP contribution in [0.25, 0.3) is 0 Å². The summed E-state index contributed by atoms with van der Waals surface area (Å²) in [4.78, 5) is 25.7. The number of β-amino-alcohol motifs (C(OH)–C–C–N with tert-alkyl or cyclic N) is 1. The summed E-state index contributed by atoms with van der Waals surface area (Å²) in [5.74, 6) is 0. The van der Waals surface area contributed by atoms with Crippen molar-refractivity contribution >= 4 is 10.0 Å². The minimum absolute atomic E-state index is 0.0755. The minimum atomic E-state index is -4.00. The third kappa shape index (κ3) is 2.24. The summed E-state index contributed by atoms with van der Waals surface area (Å²) in [6.07, 6.45) is 1.16. The Morgan fingerprint density at radius 2 is 2.11 bits per heavy atom. The Balaban J connectivity index is 2.44. The monoisotopic (exact) mass is 275 g/mol. The standard InChI is InChI=1S/C9H13N3O5S/c1-9(15)2-3-12(5-9)18(16,17)6-4-10-8(14)11-7(6)13/h4,15H,2-3,5H2,1H3,(H2,10,11,13,14). The molecule has 1 fully saturated rings. The van der Waals surface area contributed by atoms with Crippen molar-refractivity contribution in [2.24, 2.45) is 0 Å². The van der Waals surface area contributed by atoms with Crippen LogP contribution in [0.4, 0.5) is 0 Å². The van der Waals surface area contributed by atoms with Crippen LogP contribution >= 0.6 is 0 Å². The number of H-pyrrole nitrogens is 2. The van der Waals surface area contributed by atoms with Crippen molar-refractivity contribution in [3.05, 3.63) is 27.0 Å². The third-order valence-corrected chi connectivity index (χ3v) is 4.67. The van der Waals surface area contributed by atoms with Gasteiger partial charge in [0.15, 0.2) is 4.90 Å². The molecule has 0 spiro atoms. The van der Waals surface area contributed by atoms with Gasteiger partial charge in [-0.3, -0.25) is 9.78 Å². The molecule has 1 saturated heterocycles. The highest BCUT2D eigenvalue weighted by molar-refractivity contribution is 7.89. The molecule has 1 aliphatic heterocycles. The summed E-state index contributed by atoms with van der Waals surface area (Å²) in [5.41, 5.74) is -2.83. The number of nitrogens with one attached hydrogen (secondary N) is 2. The molecule has 1 aromatic heterocycles. The Kier molecular flexibility index (Phi) is 2.92. The first kappa shape index (κ1) is 13.0. The molecular formula is C9H13N3O5S. The van der Waals surface area contributed by atoms with Crippen molar-refractivity contribution in [3.8, 4) is 0 Å². The van der Waals surface area contributed by atoms with Gasteiger partial charge in [-0.1, -0.05) is 0 Å². The SMILES string of the molecule is CC1(O)CCN(S(=O)(=O)c2c[nH]c(=O)[nH]c2=O)C1. The fraction of sp³-hybridized carbons (Fsp3) is 0.556. The lowest BCUT2D eigenvalue weighted by molar-refractivity contribution is 0.0762. The van der Waals surface area contributed by atoms with Crippen LogP contribution in [0.1, 0.15) is 13.3 Å². The van der Waals surface area contributed by atoms with E-state index in [0.717, 1.165) is 10.5 Å². The van der Waals surface area contributed by atoms with E-state index in [0.29, 0.717) is 6.42 Å². The second-order valence-corrected chi connectivity index (χ2v) is 6.43. The van der Waals surface area contributed by atoms with Crippen LogP contribution < -0.4 is 11.2 Å². The van der Waals surface area contributed by atoms with Gasteiger partial charge in [0.05, 0.1) is 5.60 Å². The van der Waals surface area contributed by atoms with Crippen LogP contribution in [0.15, 0.2) is 20.7 Å². The zero-order valence-corrected chi connectivity index (χ0v) is 10.5. The lowest BCUT2D eigenvalue weighted by Gasteiger charge is -2.18. The van der Waals surface area contributed by atoms with Gasteiger partial charge in [-0.25, -0.2) is 13.2 Å². The number of aromatic nitrogens is 2. The Hall–Kier alpha value is -1.45. The highest BCUT2D eigenvalue weighted by Gasteiger charge is 2.39. The molecule has 0 bridgehead atoms. The van der Waals surface area contributed by atoms with Crippen LogP contribution in [0.3, 0.4) is 0 Å². The molecule has 8 nitrogen and oxygen atoms in total. The number of hydrogen-bond donors (Lipinski definition) is 3. The molecule has 0 saturated carbocycles. The lowest BCUT2D eigenvalue weighted by Crippen LogP contribution is -2.37. The van der Waals surface area contributed by atoms with Crippen LogP contribution in [-0.2, 0) is 10.0 Å². The Labute approximate surface area is 102 Å². The zero-order chi connectivity index (χ0) is 13.6. The van der Waals surface area contributed by atoms with Gasteiger partial charge in [-0.15, -0.1) is 0 Å². The van der Waals surface area contributed by atoms with E-state index in [4.69, 9.17) is 0 Å². The first-order valence-electron chi connectivity index (χ1n) is 5.27. The second-order valence-electron chi connectivity index (χ2n) is 4.52. The highest BCUT2D eigenvalue weighted by Crippen LogP contribution is 2.24. The van der Waals surface area contributed by atoms with Crippen molar-refractivity contribution in [1.82, 2.24) is 14.3 Å². The van der Waals surface area contributed by atoms with Gasteiger partial charge in [-0.2, -0.15) is 4.31 Å². The fourth-order valence-electron chi connectivity index (χ4n) is 1.84. The molecule has 0 amide bonds. The maximum absolute atomic E-state index is 12.1.